The molecule has 0 heterocycles. The smallest absolute Gasteiger partial charge is 0.315 e. The summed E-state index contributed by atoms with van der Waals surface area (Å²) in [4.78, 5) is 11.9. The van der Waals surface area contributed by atoms with Gasteiger partial charge in [0.15, 0.2) is 0 Å². The number of hydrogen-bond donors (Lipinski definition) is 2. The highest BCUT2D eigenvalue weighted by Crippen LogP contribution is 2.17. The minimum Gasteiger partial charge on any atom is -0.377 e. The monoisotopic (exact) mass is 290 g/mol. The molecule has 0 bridgehead atoms. The van der Waals surface area contributed by atoms with E-state index in [1.807, 2.05) is 31.2 Å². The Labute approximate surface area is 127 Å². The predicted octanol–water partition coefficient (Wildman–Crippen LogP) is 3.36. The Kier molecular flexibility index (Phi) is 6.54. The lowest BCUT2D eigenvalue weighted by atomic mass is 9.96. The van der Waals surface area contributed by atoms with Gasteiger partial charge in [-0.25, -0.2) is 4.79 Å². The van der Waals surface area contributed by atoms with Crippen LogP contribution in [0, 0.1) is 0 Å². The number of carbonyl (C=O) groups is 1. The zero-order chi connectivity index (χ0) is 14.9. The summed E-state index contributed by atoms with van der Waals surface area (Å²) < 4.78 is 5.36. The van der Waals surface area contributed by atoms with E-state index in [-0.39, 0.29) is 6.03 Å². The van der Waals surface area contributed by atoms with Crippen LogP contribution >= 0.6 is 0 Å². The van der Waals surface area contributed by atoms with Crippen LogP contribution in [0.5, 0.6) is 0 Å². The minimum absolute atomic E-state index is 0.0553. The number of nitrogens with one attached hydrogen (secondary N) is 2. The molecule has 0 aliphatic heterocycles. The fraction of sp³-hybridized carbons (Fsp3) is 0.588. The molecule has 4 heteroatoms. The van der Waals surface area contributed by atoms with Crippen molar-refractivity contribution < 1.29 is 9.53 Å². The normalized spacial score (nSPS) is 15.7. The topological polar surface area (TPSA) is 50.4 Å². The van der Waals surface area contributed by atoms with Crippen molar-refractivity contribution in [2.45, 2.75) is 58.2 Å². The summed E-state index contributed by atoms with van der Waals surface area (Å²) in [5.41, 5.74) is 2.27. The van der Waals surface area contributed by atoms with E-state index in [2.05, 4.69) is 10.6 Å². The van der Waals surface area contributed by atoms with Crippen LogP contribution in [0.2, 0.25) is 0 Å². The third-order valence-electron chi connectivity index (χ3n) is 3.89. The Hall–Kier alpha value is -1.55. The van der Waals surface area contributed by atoms with Crippen LogP contribution in [0.1, 0.15) is 50.2 Å². The van der Waals surface area contributed by atoms with Gasteiger partial charge in [0.25, 0.3) is 0 Å². The van der Waals surface area contributed by atoms with E-state index in [1.165, 1.54) is 19.3 Å². The lowest BCUT2D eigenvalue weighted by molar-refractivity contribution is 0.134. The molecular formula is C17H26N2O2. The summed E-state index contributed by atoms with van der Waals surface area (Å²) in [6.07, 6.45) is 5.98. The molecule has 21 heavy (non-hydrogen) atoms. The zero-order valence-corrected chi connectivity index (χ0v) is 12.9. The molecule has 1 fully saturated rings. The van der Waals surface area contributed by atoms with E-state index in [0.29, 0.717) is 19.2 Å². The van der Waals surface area contributed by atoms with Gasteiger partial charge in [-0.1, -0.05) is 43.5 Å². The standard InChI is InChI=1S/C17H26N2O2/c1-2-21-13-15-10-8-14(9-11-15)12-18-17(20)19-16-6-4-3-5-7-16/h8-11,16H,2-7,12-13H2,1H3,(H2,18,19,20). The number of benzene rings is 1. The summed E-state index contributed by atoms with van der Waals surface area (Å²) >= 11 is 0. The first-order valence-corrected chi connectivity index (χ1v) is 7.98. The molecule has 2 N–H and O–H groups in total. The van der Waals surface area contributed by atoms with Crippen LogP contribution in [0.15, 0.2) is 24.3 Å². The molecule has 0 spiro atoms. The van der Waals surface area contributed by atoms with E-state index in [9.17, 15) is 4.79 Å². The predicted molar refractivity (Wildman–Crippen MR) is 84.0 cm³/mol. The second-order valence-electron chi connectivity index (χ2n) is 5.62. The molecule has 0 unspecified atom stereocenters. The zero-order valence-electron chi connectivity index (χ0n) is 12.9. The Bertz CT molecular complexity index is 425. The first-order chi connectivity index (χ1) is 10.3. The van der Waals surface area contributed by atoms with E-state index in [0.717, 1.165) is 30.6 Å². The van der Waals surface area contributed by atoms with Crippen molar-refractivity contribution in [3.63, 3.8) is 0 Å². The van der Waals surface area contributed by atoms with Crippen molar-refractivity contribution in [2.75, 3.05) is 6.61 Å². The summed E-state index contributed by atoms with van der Waals surface area (Å²) in [5, 5.41) is 5.99. The van der Waals surface area contributed by atoms with Crippen LogP contribution in [0.25, 0.3) is 0 Å². The number of ether oxygens (including phenoxy) is 1. The second kappa shape index (κ2) is 8.67. The van der Waals surface area contributed by atoms with Crippen molar-refractivity contribution in [1.29, 1.82) is 0 Å². The molecule has 2 amide bonds. The fourth-order valence-electron chi connectivity index (χ4n) is 2.64. The highest BCUT2D eigenvalue weighted by molar-refractivity contribution is 5.74. The van der Waals surface area contributed by atoms with Gasteiger partial charge < -0.3 is 15.4 Å². The molecule has 0 saturated heterocycles. The maximum absolute atomic E-state index is 11.9. The molecular weight excluding hydrogens is 264 g/mol. The van der Waals surface area contributed by atoms with Crippen molar-refractivity contribution >= 4 is 6.03 Å². The van der Waals surface area contributed by atoms with Gasteiger partial charge in [0.2, 0.25) is 0 Å². The lowest BCUT2D eigenvalue weighted by Gasteiger charge is -2.22. The summed E-state index contributed by atoms with van der Waals surface area (Å²) in [5.74, 6) is 0. The maximum atomic E-state index is 11.9. The largest absolute Gasteiger partial charge is 0.377 e. The number of amides is 2. The van der Waals surface area contributed by atoms with Gasteiger partial charge in [0.05, 0.1) is 6.61 Å². The molecule has 0 atom stereocenters. The quantitative estimate of drug-likeness (QED) is 0.844. The first kappa shape index (κ1) is 15.8. The van der Waals surface area contributed by atoms with Gasteiger partial charge >= 0.3 is 6.03 Å². The third-order valence-corrected chi connectivity index (χ3v) is 3.89. The summed E-state index contributed by atoms with van der Waals surface area (Å²) in [6.45, 7) is 3.92. The average Bonchev–Trinajstić information content (AvgIpc) is 2.53. The van der Waals surface area contributed by atoms with Gasteiger partial charge in [-0.05, 0) is 30.9 Å². The number of urea groups is 1. The summed E-state index contributed by atoms with van der Waals surface area (Å²) in [6, 6.07) is 8.47. The Morgan fingerprint density at radius 3 is 2.48 bits per heavy atom. The molecule has 1 aliphatic carbocycles. The average molecular weight is 290 g/mol. The highest BCUT2D eigenvalue weighted by atomic mass is 16.5. The van der Waals surface area contributed by atoms with Crippen LogP contribution in [-0.4, -0.2) is 18.7 Å². The van der Waals surface area contributed by atoms with Crippen molar-refractivity contribution in [1.82, 2.24) is 10.6 Å². The van der Waals surface area contributed by atoms with Crippen molar-refractivity contribution in [2.24, 2.45) is 0 Å². The van der Waals surface area contributed by atoms with Gasteiger partial charge in [0.1, 0.15) is 0 Å². The molecule has 1 aromatic carbocycles. The first-order valence-electron chi connectivity index (χ1n) is 7.98. The second-order valence-corrected chi connectivity index (χ2v) is 5.62. The molecule has 0 radical (unpaired) electrons. The Morgan fingerprint density at radius 2 is 1.81 bits per heavy atom. The van der Waals surface area contributed by atoms with Crippen LogP contribution in [0.3, 0.4) is 0 Å². The third kappa shape index (κ3) is 5.76. The van der Waals surface area contributed by atoms with Gasteiger partial charge in [-0.3, -0.25) is 0 Å². The Morgan fingerprint density at radius 1 is 1.14 bits per heavy atom. The van der Waals surface area contributed by atoms with Crippen molar-refractivity contribution in [3.8, 4) is 0 Å². The van der Waals surface area contributed by atoms with E-state index < -0.39 is 0 Å². The maximum Gasteiger partial charge on any atom is 0.315 e. The number of hydrogen-bond acceptors (Lipinski definition) is 2. The lowest BCUT2D eigenvalue weighted by Crippen LogP contribution is -2.42. The molecule has 4 nitrogen and oxygen atoms in total. The number of carbonyl (C=O) groups excluding carboxylic acids is 1. The molecule has 1 aliphatic rings. The van der Waals surface area contributed by atoms with Gasteiger partial charge in [-0.15, -0.1) is 0 Å². The molecule has 116 valence electrons. The molecule has 1 saturated carbocycles. The van der Waals surface area contributed by atoms with Gasteiger partial charge in [0, 0.05) is 19.2 Å². The number of rotatable bonds is 6. The van der Waals surface area contributed by atoms with Crippen LogP contribution in [-0.2, 0) is 17.9 Å². The summed E-state index contributed by atoms with van der Waals surface area (Å²) in [7, 11) is 0. The van der Waals surface area contributed by atoms with Crippen LogP contribution in [0.4, 0.5) is 4.79 Å². The molecule has 0 aromatic heterocycles. The van der Waals surface area contributed by atoms with Crippen molar-refractivity contribution in [3.05, 3.63) is 35.4 Å². The molecule has 2 rings (SSSR count). The van der Waals surface area contributed by atoms with Gasteiger partial charge in [-0.2, -0.15) is 0 Å². The fourth-order valence-corrected chi connectivity index (χ4v) is 2.64. The Balaban J connectivity index is 1.70. The molecule has 1 aromatic rings. The van der Waals surface area contributed by atoms with E-state index >= 15 is 0 Å². The highest BCUT2D eigenvalue weighted by Gasteiger charge is 2.15. The minimum atomic E-state index is -0.0553. The van der Waals surface area contributed by atoms with E-state index in [4.69, 9.17) is 4.74 Å². The van der Waals surface area contributed by atoms with Crippen LogP contribution < -0.4 is 10.6 Å². The van der Waals surface area contributed by atoms with E-state index in [1.54, 1.807) is 0 Å². The SMILES string of the molecule is CCOCc1ccc(CNC(=O)NC2CCCCC2)cc1.